The molecule has 1 aromatic carbocycles. The molecule has 0 aromatic heterocycles. The number of hydrogen-bond acceptors (Lipinski definition) is 2. The van der Waals surface area contributed by atoms with Gasteiger partial charge in [0.2, 0.25) is 0 Å². The second-order valence-corrected chi connectivity index (χ2v) is 2.77. The van der Waals surface area contributed by atoms with E-state index in [1.807, 2.05) is 0 Å². The van der Waals surface area contributed by atoms with Crippen LogP contribution in [0.4, 0.5) is 8.78 Å². The highest BCUT2D eigenvalue weighted by Crippen LogP contribution is 2.20. The Labute approximate surface area is 73.8 Å². The Morgan fingerprint density at radius 1 is 1.38 bits per heavy atom. The number of rotatable bonds is 2. The Morgan fingerprint density at radius 3 is 2.54 bits per heavy atom. The van der Waals surface area contributed by atoms with Crippen molar-refractivity contribution in [3.63, 3.8) is 0 Å². The minimum absolute atomic E-state index is 0.0391. The van der Waals surface area contributed by atoms with Gasteiger partial charge in [-0.25, -0.2) is 8.78 Å². The summed E-state index contributed by atoms with van der Waals surface area (Å²) in [5.74, 6) is -2.69. The van der Waals surface area contributed by atoms with E-state index < -0.39 is 17.4 Å². The molecular weight excluding hydrogens is 178 g/mol. The fraction of sp³-hybridized carbons (Fsp3) is 0.222. The number of halogens is 2. The van der Waals surface area contributed by atoms with E-state index in [1.165, 1.54) is 6.92 Å². The maximum Gasteiger partial charge on any atom is 0.165 e. The molecule has 0 radical (unpaired) electrons. The fourth-order valence-corrected chi connectivity index (χ4v) is 0.981. The first-order valence-electron chi connectivity index (χ1n) is 3.67. The highest BCUT2D eigenvalue weighted by atomic mass is 19.1. The molecule has 0 aliphatic rings. The van der Waals surface area contributed by atoms with Gasteiger partial charge in [0.15, 0.2) is 11.6 Å². The molecule has 4 heteroatoms. The lowest BCUT2D eigenvalue weighted by Crippen LogP contribution is -2.00. The summed E-state index contributed by atoms with van der Waals surface area (Å²) in [5.41, 5.74) is -0.0391. The lowest BCUT2D eigenvalue weighted by atomic mass is 10.1. The van der Waals surface area contributed by atoms with Crippen LogP contribution in [0.25, 0.3) is 0 Å². The van der Waals surface area contributed by atoms with Crippen molar-refractivity contribution in [3.05, 3.63) is 29.3 Å². The molecule has 70 valence electrons. The number of Topliss-reactive ketones (excluding diaryl/α,β-unsaturated/α-hetero) is 1. The molecule has 1 aromatic rings. The second-order valence-electron chi connectivity index (χ2n) is 2.77. The molecule has 1 rings (SSSR count). The largest absolute Gasteiger partial charge is 0.505 e. The molecule has 0 heterocycles. The van der Waals surface area contributed by atoms with Crippen LogP contribution in [0.2, 0.25) is 0 Å². The van der Waals surface area contributed by atoms with Crippen LogP contribution in [0.15, 0.2) is 12.1 Å². The van der Waals surface area contributed by atoms with Crippen LogP contribution in [0.5, 0.6) is 5.75 Å². The summed E-state index contributed by atoms with van der Waals surface area (Å²) >= 11 is 0. The van der Waals surface area contributed by atoms with E-state index in [-0.39, 0.29) is 17.8 Å². The Hall–Kier alpha value is -1.45. The summed E-state index contributed by atoms with van der Waals surface area (Å²) < 4.78 is 25.6. The molecule has 0 saturated heterocycles. The van der Waals surface area contributed by atoms with E-state index in [2.05, 4.69) is 0 Å². The Morgan fingerprint density at radius 2 is 2.00 bits per heavy atom. The summed E-state index contributed by atoms with van der Waals surface area (Å²) in [6.45, 7) is 1.28. The molecule has 0 aliphatic carbocycles. The maximum atomic E-state index is 12.9. The zero-order valence-corrected chi connectivity index (χ0v) is 6.97. The maximum absolute atomic E-state index is 12.9. The normalized spacial score (nSPS) is 10.1. The number of benzene rings is 1. The SMILES string of the molecule is CC(=O)Cc1cc(F)c(O)cc1F. The van der Waals surface area contributed by atoms with Gasteiger partial charge in [-0.3, -0.25) is 4.79 Å². The van der Waals surface area contributed by atoms with E-state index in [1.54, 1.807) is 0 Å². The van der Waals surface area contributed by atoms with Gasteiger partial charge in [-0.2, -0.15) is 0 Å². The van der Waals surface area contributed by atoms with Gasteiger partial charge >= 0.3 is 0 Å². The first-order valence-corrected chi connectivity index (χ1v) is 3.67. The number of phenols is 1. The zero-order valence-electron chi connectivity index (χ0n) is 6.97. The molecule has 0 bridgehead atoms. The van der Waals surface area contributed by atoms with E-state index in [4.69, 9.17) is 5.11 Å². The van der Waals surface area contributed by atoms with E-state index in [0.29, 0.717) is 6.07 Å². The predicted molar refractivity (Wildman–Crippen MR) is 42.4 cm³/mol. The first kappa shape index (κ1) is 9.64. The topological polar surface area (TPSA) is 37.3 Å². The molecule has 13 heavy (non-hydrogen) atoms. The van der Waals surface area contributed by atoms with Gasteiger partial charge in [0.1, 0.15) is 11.6 Å². The fourth-order valence-electron chi connectivity index (χ4n) is 0.981. The smallest absolute Gasteiger partial charge is 0.165 e. The van der Waals surface area contributed by atoms with Crippen LogP contribution >= 0.6 is 0 Å². The van der Waals surface area contributed by atoms with Gasteiger partial charge in [-0.05, 0) is 18.6 Å². The summed E-state index contributed by atoms with van der Waals surface area (Å²) in [5, 5.41) is 8.76. The van der Waals surface area contributed by atoms with Crippen molar-refractivity contribution in [2.75, 3.05) is 0 Å². The molecule has 2 nitrogen and oxygen atoms in total. The summed E-state index contributed by atoms with van der Waals surface area (Å²) in [7, 11) is 0. The number of carbonyl (C=O) groups excluding carboxylic acids is 1. The molecule has 0 fully saturated rings. The quantitative estimate of drug-likeness (QED) is 0.764. The zero-order chi connectivity index (χ0) is 10.0. The molecule has 1 N–H and O–H groups in total. The third-order valence-corrected chi connectivity index (χ3v) is 1.56. The van der Waals surface area contributed by atoms with E-state index in [0.717, 1.165) is 6.07 Å². The van der Waals surface area contributed by atoms with Gasteiger partial charge in [0.05, 0.1) is 0 Å². The monoisotopic (exact) mass is 186 g/mol. The van der Waals surface area contributed by atoms with Gasteiger partial charge in [-0.1, -0.05) is 0 Å². The van der Waals surface area contributed by atoms with Crippen LogP contribution in [0.1, 0.15) is 12.5 Å². The molecule has 0 amide bonds. The Balaban J connectivity index is 3.08. The van der Waals surface area contributed by atoms with Crippen molar-refractivity contribution in [1.82, 2.24) is 0 Å². The average Bonchev–Trinajstić information content (AvgIpc) is 1.99. The second kappa shape index (κ2) is 3.51. The number of hydrogen-bond donors (Lipinski definition) is 1. The summed E-state index contributed by atoms with van der Waals surface area (Å²) in [6.07, 6.45) is -0.164. The van der Waals surface area contributed by atoms with Gasteiger partial charge in [0.25, 0.3) is 0 Å². The molecule has 0 atom stereocenters. The summed E-state index contributed by atoms with van der Waals surface area (Å²) in [6, 6.07) is 1.49. The van der Waals surface area contributed by atoms with Crippen LogP contribution < -0.4 is 0 Å². The molecule has 0 spiro atoms. The average molecular weight is 186 g/mol. The van der Waals surface area contributed by atoms with Crippen LogP contribution in [0, 0.1) is 11.6 Å². The number of carbonyl (C=O) groups is 1. The number of phenolic OH excluding ortho intramolecular Hbond substituents is 1. The third-order valence-electron chi connectivity index (χ3n) is 1.56. The lowest BCUT2D eigenvalue weighted by molar-refractivity contribution is -0.116. The van der Waals surface area contributed by atoms with Crippen molar-refractivity contribution >= 4 is 5.78 Å². The Kier molecular flexibility index (Phi) is 2.60. The summed E-state index contributed by atoms with van der Waals surface area (Å²) in [4.78, 5) is 10.6. The minimum Gasteiger partial charge on any atom is -0.505 e. The van der Waals surface area contributed by atoms with Crippen molar-refractivity contribution in [2.24, 2.45) is 0 Å². The van der Waals surface area contributed by atoms with Crippen LogP contribution in [0.3, 0.4) is 0 Å². The molecule has 0 aliphatic heterocycles. The van der Waals surface area contributed by atoms with Gasteiger partial charge < -0.3 is 5.11 Å². The third kappa shape index (κ3) is 2.24. The van der Waals surface area contributed by atoms with E-state index >= 15 is 0 Å². The van der Waals surface area contributed by atoms with Crippen molar-refractivity contribution in [2.45, 2.75) is 13.3 Å². The predicted octanol–water partition coefficient (Wildman–Crippen LogP) is 1.80. The first-order chi connectivity index (χ1) is 6.00. The van der Waals surface area contributed by atoms with Crippen molar-refractivity contribution in [3.8, 4) is 5.75 Å². The van der Waals surface area contributed by atoms with E-state index in [9.17, 15) is 13.6 Å². The van der Waals surface area contributed by atoms with Crippen molar-refractivity contribution < 1.29 is 18.7 Å². The number of ketones is 1. The van der Waals surface area contributed by atoms with Crippen LogP contribution in [-0.2, 0) is 11.2 Å². The van der Waals surface area contributed by atoms with Gasteiger partial charge in [-0.15, -0.1) is 0 Å². The van der Waals surface area contributed by atoms with Gasteiger partial charge in [0, 0.05) is 12.5 Å². The van der Waals surface area contributed by atoms with Crippen molar-refractivity contribution in [1.29, 1.82) is 0 Å². The lowest BCUT2D eigenvalue weighted by Gasteiger charge is -2.01. The molecule has 0 unspecified atom stereocenters. The van der Waals surface area contributed by atoms with Crippen LogP contribution in [-0.4, -0.2) is 10.9 Å². The highest BCUT2D eigenvalue weighted by Gasteiger charge is 2.10. The molecule has 0 saturated carbocycles. The minimum atomic E-state index is -0.919. The Bertz CT molecular complexity index is 348. The highest BCUT2D eigenvalue weighted by molar-refractivity contribution is 5.78. The standard InChI is InChI=1S/C9H8F2O2/c1-5(12)2-6-3-8(11)9(13)4-7(6)10/h3-4,13H,2H2,1H3. The molecular formula is C9H8F2O2. The number of aromatic hydroxyl groups is 1.